The third kappa shape index (κ3) is 4.58. The van der Waals surface area contributed by atoms with Crippen LogP contribution in [0.15, 0.2) is 18.5 Å². The number of piperazine rings is 1. The summed E-state index contributed by atoms with van der Waals surface area (Å²) in [6.07, 6.45) is 1.13. The van der Waals surface area contributed by atoms with Crippen LogP contribution in [0, 0.1) is 13.8 Å². The summed E-state index contributed by atoms with van der Waals surface area (Å²) in [7, 11) is 0. The van der Waals surface area contributed by atoms with E-state index < -0.39 is 6.10 Å². The highest BCUT2D eigenvalue weighted by atomic mass is 16.3. The number of hydrogen-bond acceptors (Lipinski definition) is 5. The number of fused-ring (bicyclic) bond motifs is 1. The minimum Gasteiger partial charge on any atom is -0.392 e. The Morgan fingerprint density at radius 1 is 0.960 bits per heavy atom. The van der Waals surface area contributed by atoms with Gasteiger partial charge in [0.25, 0.3) is 0 Å². The van der Waals surface area contributed by atoms with Gasteiger partial charge in [0.05, 0.1) is 36.1 Å². The first-order valence-electron chi connectivity index (χ1n) is 9.15. The fourth-order valence-corrected chi connectivity index (χ4v) is 3.57. The van der Waals surface area contributed by atoms with Gasteiger partial charge in [-0.15, -0.1) is 0 Å². The zero-order chi connectivity index (χ0) is 18.0. The van der Waals surface area contributed by atoms with Crippen LogP contribution >= 0.6 is 0 Å². The van der Waals surface area contributed by atoms with Gasteiger partial charge in [-0.1, -0.05) is 0 Å². The topological polar surface area (TPSA) is 64.8 Å². The highest BCUT2D eigenvalue weighted by molar-refractivity contribution is 5.77. The van der Waals surface area contributed by atoms with Crippen molar-refractivity contribution in [3.05, 3.63) is 29.6 Å². The van der Waals surface area contributed by atoms with E-state index in [4.69, 9.17) is 0 Å². The second-order valence-corrected chi connectivity index (χ2v) is 7.43. The maximum absolute atomic E-state index is 10.5. The van der Waals surface area contributed by atoms with Crippen LogP contribution in [0.3, 0.4) is 0 Å². The molecule has 3 rings (SSSR count). The lowest BCUT2D eigenvalue weighted by atomic mass is 10.1. The Bertz CT molecular complexity index is 705. The van der Waals surface area contributed by atoms with Crippen LogP contribution in [0.1, 0.15) is 18.1 Å². The molecule has 1 aliphatic rings. The molecule has 0 amide bonds. The van der Waals surface area contributed by atoms with Crippen LogP contribution in [0.5, 0.6) is 0 Å². The molecule has 0 saturated carbocycles. The molecule has 2 heterocycles. The second kappa shape index (κ2) is 7.83. The molecule has 0 bridgehead atoms. The number of aromatic nitrogens is 2. The monoisotopic (exact) mass is 346 g/mol. The molecule has 6 heteroatoms. The number of benzene rings is 1. The van der Waals surface area contributed by atoms with E-state index >= 15 is 0 Å². The summed E-state index contributed by atoms with van der Waals surface area (Å²) in [4.78, 5) is 9.05. The van der Waals surface area contributed by atoms with E-state index in [-0.39, 0.29) is 6.10 Å². The summed E-state index contributed by atoms with van der Waals surface area (Å²) < 4.78 is 2.05. The third-order valence-corrected chi connectivity index (χ3v) is 5.10. The van der Waals surface area contributed by atoms with Crippen molar-refractivity contribution in [3.63, 3.8) is 0 Å². The number of β-amino-alcohol motifs (C(OH)–C–C–N with tert-alkyl or cyclic N) is 2. The van der Waals surface area contributed by atoms with Gasteiger partial charge in [-0.25, -0.2) is 4.98 Å². The van der Waals surface area contributed by atoms with Gasteiger partial charge in [-0.05, 0) is 44.0 Å². The molecular formula is C19H30N4O2. The number of rotatable bonds is 6. The molecule has 2 atom stereocenters. The van der Waals surface area contributed by atoms with Crippen LogP contribution < -0.4 is 0 Å². The fraction of sp³-hybridized carbons (Fsp3) is 0.632. The van der Waals surface area contributed by atoms with Gasteiger partial charge in [0, 0.05) is 39.3 Å². The van der Waals surface area contributed by atoms with Crippen molar-refractivity contribution in [1.82, 2.24) is 19.4 Å². The molecule has 0 spiro atoms. The van der Waals surface area contributed by atoms with E-state index in [9.17, 15) is 10.2 Å². The first kappa shape index (κ1) is 18.3. The molecule has 1 aromatic heterocycles. The molecule has 0 aliphatic carbocycles. The van der Waals surface area contributed by atoms with Crippen LogP contribution in [0.25, 0.3) is 11.0 Å². The normalized spacial score (nSPS) is 19.4. The molecule has 25 heavy (non-hydrogen) atoms. The molecule has 6 nitrogen and oxygen atoms in total. The number of hydrogen-bond donors (Lipinski definition) is 2. The van der Waals surface area contributed by atoms with Crippen LogP contribution in [0.4, 0.5) is 0 Å². The van der Waals surface area contributed by atoms with E-state index in [0.29, 0.717) is 13.1 Å². The summed E-state index contributed by atoms with van der Waals surface area (Å²) in [5, 5.41) is 20.0. The molecule has 0 radical (unpaired) electrons. The molecule has 1 aromatic carbocycles. The molecule has 1 fully saturated rings. The summed E-state index contributed by atoms with van der Waals surface area (Å²) >= 11 is 0. The molecular weight excluding hydrogens is 316 g/mol. The minimum absolute atomic E-state index is 0.279. The Balaban J connectivity index is 1.55. The predicted octanol–water partition coefficient (Wildman–Crippen LogP) is 1.01. The lowest BCUT2D eigenvalue weighted by molar-refractivity contribution is 0.0481. The Labute approximate surface area is 149 Å². The summed E-state index contributed by atoms with van der Waals surface area (Å²) in [6.45, 7) is 11.8. The summed E-state index contributed by atoms with van der Waals surface area (Å²) in [5.74, 6) is 0. The van der Waals surface area contributed by atoms with Crippen molar-refractivity contribution in [2.75, 3.05) is 39.3 Å². The van der Waals surface area contributed by atoms with E-state index in [1.165, 1.54) is 11.1 Å². The zero-order valence-electron chi connectivity index (χ0n) is 15.5. The third-order valence-electron chi connectivity index (χ3n) is 5.10. The van der Waals surface area contributed by atoms with Gasteiger partial charge in [0.1, 0.15) is 0 Å². The Morgan fingerprint density at radius 2 is 1.56 bits per heavy atom. The quantitative estimate of drug-likeness (QED) is 0.817. The number of aliphatic hydroxyl groups is 2. The van der Waals surface area contributed by atoms with Gasteiger partial charge < -0.3 is 14.8 Å². The summed E-state index contributed by atoms with van der Waals surface area (Å²) in [5.41, 5.74) is 4.57. The second-order valence-electron chi connectivity index (χ2n) is 7.43. The van der Waals surface area contributed by atoms with Gasteiger partial charge in [-0.3, -0.25) is 9.80 Å². The molecule has 2 N–H and O–H groups in total. The van der Waals surface area contributed by atoms with E-state index in [1.54, 1.807) is 0 Å². The van der Waals surface area contributed by atoms with E-state index in [2.05, 4.69) is 45.3 Å². The molecule has 1 saturated heterocycles. The van der Waals surface area contributed by atoms with Gasteiger partial charge in [0.2, 0.25) is 0 Å². The number of aliphatic hydroxyl groups excluding tert-OH is 2. The SMILES string of the molecule is Cc1cc2ncn(C[C@@H](O)CN3CCN(C[C@H](C)O)CC3)c2cc1C. The highest BCUT2D eigenvalue weighted by Gasteiger charge is 2.20. The number of imidazole rings is 1. The maximum Gasteiger partial charge on any atom is 0.0959 e. The first-order chi connectivity index (χ1) is 11.9. The average molecular weight is 346 g/mol. The predicted molar refractivity (Wildman–Crippen MR) is 99.8 cm³/mol. The standard InChI is InChI=1S/C19H30N4O2/c1-14-8-18-19(9-15(14)2)23(13-20-18)12-17(25)11-22-6-4-21(5-7-22)10-16(3)24/h8-9,13,16-17,24-25H,4-7,10-12H2,1-3H3/t16-,17-/m0/s1. The largest absolute Gasteiger partial charge is 0.392 e. The zero-order valence-corrected chi connectivity index (χ0v) is 15.5. The molecule has 1 aliphatic heterocycles. The number of nitrogens with zero attached hydrogens (tertiary/aromatic N) is 4. The lowest BCUT2D eigenvalue weighted by Gasteiger charge is -2.36. The minimum atomic E-state index is -0.415. The first-order valence-corrected chi connectivity index (χ1v) is 9.15. The van der Waals surface area contributed by atoms with E-state index in [1.807, 2.05) is 13.3 Å². The lowest BCUT2D eigenvalue weighted by Crippen LogP contribution is -2.50. The van der Waals surface area contributed by atoms with Crippen LogP contribution in [-0.4, -0.2) is 81.0 Å². The van der Waals surface area contributed by atoms with Crippen molar-refractivity contribution in [1.29, 1.82) is 0 Å². The van der Waals surface area contributed by atoms with Crippen molar-refractivity contribution < 1.29 is 10.2 Å². The van der Waals surface area contributed by atoms with Gasteiger partial charge >= 0.3 is 0 Å². The van der Waals surface area contributed by atoms with E-state index in [0.717, 1.165) is 43.8 Å². The maximum atomic E-state index is 10.5. The van der Waals surface area contributed by atoms with Gasteiger partial charge in [0.15, 0.2) is 0 Å². The Hall–Kier alpha value is -1.47. The number of aryl methyl sites for hydroxylation is 2. The van der Waals surface area contributed by atoms with Crippen molar-refractivity contribution >= 4 is 11.0 Å². The van der Waals surface area contributed by atoms with Gasteiger partial charge in [-0.2, -0.15) is 0 Å². The van der Waals surface area contributed by atoms with Crippen LogP contribution in [0.2, 0.25) is 0 Å². The average Bonchev–Trinajstić information content (AvgIpc) is 2.91. The fourth-order valence-electron chi connectivity index (χ4n) is 3.57. The molecule has 138 valence electrons. The van der Waals surface area contributed by atoms with Crippen LogP contribution in [-0.2, 0) is 6.54 Å². The highest BCUT2D eigenvalue weighted by Crippen LogP contribution is 2.19. The van der Waals surface area contributed by atoms with Crippen molar-refractivity contribution in [2.45, 2.75) is 39.5 Å². The molecule has 2 aromatic rings. The Morgan fingerprint density at radius 3 is 2.20 bits per heavy atom. The Kier molecular flexibility index (Phi) is 5.74. The summed E-state index contributed by atoms with van der Waals surface area (Å²) in [6, 6.07) is 4.26. The molecule has 0 unspecified atom stereocenters. The smallest absolute Gasteiger partial charge is 0.0959 e. The van der Waals surface area contributed by atoms with Crippen molar-refractivity contribution in [3.8, 4) is 0 Å². The van der Waals surface area contributed by atoms with Crippen molar-refractivity contribution in [2.24, 2.45) is 0 Å².